The summed E-state index contributed by atoms with van der Waals surface area (Å²) in [5, 5.41) is 0. The van der Waals surface area contributed by atoms with Gasteiger partial charge in [-0.15, -0.1) is 26.3 Å². The van der Waals surface area contributed by atoms with Crippen molar-refractivity contribution >= 4 is 43.9 Å². The summed E-state index contributed by atoms with van der Waals surface area (Å²) in [6.45, 7) is 0. The van der Waals surface area contributed by atoms with Gasteiger partial charge in [0.2, 0.25) is 20.8 Å². The Balaban J connectivity index is -0.000000256. The number of hydrogen-bond donors (Lipinski definition) is 0. The zero-order valence-electron chi connectivity index (χ0n) is 8.06. The second-order valence-corrected chi connectivity index (χ2v) is 3.84. The van der Waals surface area contributed by atoms with Gasteiger partial charge in [-0.25, -0.2) is 16.8 Å². The van der Waals surface area contributed by atoms with Crippen molar-refractivity contribution in [2.24, 2.45) is 0 Å². The van der Waals surface area contributed by atoms with Crippen LogP contribution in [0.15, 0.2) is 0 Å². The fraction of sp³-hybridized carbons (Fsp3) is 1.00. The van der Waals surface area contributed by atoms with E-state index in [1.54, 1.807) is 0 Å². The zero-order chi connectivity index (χ0) is 15.4. The van der Waals surface area contributed by atoms with Crippen molar-refractivity contribution in [3.05, 3.63) is 0 Å². The van der Waals surface area contributed by atoms with Crippen LogP contribution in [-0.4, -0.2) is 61.7 Å². The maximum Gasteiger partial charge on any atom is 2.00 e. The minimum atomic E-state index is -5.66. The molecule has 0 heterocycles. The van der Waals surface area contributed by atoms with E-state index in [1.165, 1.54) is 0 Å². The van der Waals surface area contributed by atoms with Gasteiger partial charge in [0.1, 0.15) is 0 Å². The van der Waals surface area contributed by atoms with E-state index in [0.717, 1.165) is 0 Å². The van der Waals surface area contributed by atoms with E-state index in [4.69, 9.17) is 25.9 Å². The Labute approximate surface area is 117 Å². The molecule has 0 aliphatic heterocycles. The van der Waals surface area contributed by atoms with Crippen molar-refractivity contribution in [3.8, 4) is 0 Å². The second kappa shape index (κ2) is 7.76. The number of hydrogen-bond acceptors (Lipinski definition) is 8. The monoisotopic (exact) mass is 354 g/mol. The molecule has 0 rings (SSSR count). The molecule has 0 atom stereocenters. The first-order chi connectivity index (χ1) is 7.41. The number of rotatable bonds is 2. The third kappa shape index (κ3) is 32.0. The molecule has 0 amide bonds. The minimum Gasteiger partial charge on any atom is -0.725 e. The van der Waals surface area contributed by atoms with Gasteiger partial charge in [0, 0.05) is 0 Å². The number of halogens is 6. The molecule has 0 unspecified atom stereocenters. The zero-order valence-corrected chi connectivity index (χ0v) is 11.1. The standard InChI is InChI=1S/2CHF3O4S.Mg/c2*2-1(3,4)8-9(5,6)7;/h2*(H,5,6,7);/q;;+2/p-2. The van der Waals surface area contributed by atoms with E-state index in [2.05, 4.69) is 0 Å². The molecular weight excluding hydrogens is 354 g/mol. The summed E-state index contributed by atoms with van der Waals surface area (Å²) < 4.78 is 123. The third-order valence-corrected chi connectivity index (χ3v) is 1.18. The Kier molecular flexibility index (Phi) is 9.85. The summed E-state index contributed by atoms with van der Waals surface area (Å²) >= 11 is 0. The van der Waals surface area contributed by atoms with E-state index < -0.39 is 33.5 Å². The Morgan fingerprint density at radius 1 is 0.684 bits per heavy atom. The molecule has 17 heteroatoms. The molecule has 0 radical (unpaired) electrons. The quantitative estimate of drug-likeness (QED) is 0.283. The summed E-state index contributed by atoms with van der Waals surface area (Å²) in [6, 6.07) is 0. The molecule has 0 fully saturated rings. The van der Waals surface area contributed by atoms with Crippen LogP contribution in [0.4, 0.5) is 26.3 Å². The first kappa shape index (κ1) is 24.1. The Morgan fingerprint density at radius 2 is 0.842 bits per heavy atom. The van der Waals surface area contributed by atoms with Gasteiger partial charge in [0.05, 0.1) is 0 Å². The van der Waals surface area contributed by atoms with Crippen molar-refractivity contribution < 1.29 is 60.6 Å². The second-order valence-electron chi connectivity index (χ2n) is 1.87. The van der Waals surface area contributed by atoms with Crippen LogP contribution in [0, 0.1) is 0 Å². The fourth-order valence-electron chi connectivity index (χ4n) is 0.231. The summed E-state index contributed by atoms with van der Waals surface area (Å²) in [5.74, 6) is 0. The van der Waals surface area contributed by atoms with Crippen LogP contribution in [0.5, 0.6) is 0 Å². The average Bonchev–Trinajstić information content (AvgIpc) is 1.64. The SMILES string of the molecule is O=S(=O)([O-])OC(F)(F)F.O=S(=O)([O-])OC(F)(F)F.[Mg+2]. The van der Waals surface area contributed by atoms with E-state index in [-0.39, 0.29) is 23.1 Å². The fourth-order valence-corrected chi connectivity index (χ4v) is 0.694. The molecule has 0 aromatic rings. The van der Waals surface area contributed by atoms with Gasteiger partial charge in [-0.1, -0.05) is 0 Å². The van der Waals surface area contributed by atoms with E-state index >= 15 is 0 Å². The summed E-state index contributed by atoms with van der Waals surface area (Å²) in [7, 11) is -11.3. The van der Waals surface area contributed by atoms with Crippen LogP contribution in [0.2, 0.25) is 0 Å². The predicted molar refractivity (Wildman–Crippen MR) is 39.4 cm³/mol. The van der Waals surface area contributed by atoms with Crippen LogP contribution >= 0.6 is 0 Å². The van der Waals surface area contributed by atoms with Crippen LogP contribution in [0.3, 0.4) is 0 Å². The molecule has 112 valence electrons. The molecule has 0 bridgehead atoms. The topological polar surface area (TPSA) is 133 Å². The Bertz CT molecular complexity index is 403. The molecule has 0 saturated carbocycles. The summed E-state index contributed by atoms with van der Waals surface area (Å²) in [5.41, 5.74) is 0. The molecule has 0 aromatic carbocycles. The van der Waals surface area contributed by atoms with Gasteiger partial charge < -0.3 is 9.11 Å². The molecule has 19 heavy (non-hydrogen) atoms. The van der Waals surface area contributed by atoms with Crippen LogP contribution < -0.4 is 0 Å². The first-order valence-electron chi connectivity index (χ1n) is 2.88. The number of alkyl halides is 6. The Morgan fingerprint density at radius 3 is 0.842 bits per heavy atom. The van der Waals surface area contributed by atoms with Crippen molar-refractivity contribution in [1.82, 2.24) is 0 Å². The van der Waals surface area contributed by atoms with Gasteiger partial charge in [-0.3, -0.25) is 0 Å². The normalized spacial score (nSPS) is 13.1. The minimum absolute atomic E-state index is 0. The van der Waals surface area contributed by atoms with E-state index in [1.807, 2.05) is 8.37 Å². The molecule has 0 aliphatic rings. The van der Waals surface area contributed by atoms with Crippen molar-refractivity contribution in [2.45, 2.75) is 12.7 Å². The van der Waals surface area contributed by atoms with Crippen LogP contribution in [0.25, 0.3) is 0 Å². The third-order valence-electron chi connectivity index (χ3n) is 0.393. The average molecular weight is 354 g/mol. The van der Waals surface area contributed by atoms with Gasteiger partial charge in [0.15, 0.2) is 0 Å². The first-order valence-corrected chi connectivity index (χ1v) is 5.54. The molecule has 8 nitrogen and oxygen atoms in total. The molecule has 0 aliphatic carbocycles. The summed E-state index contributed by atoms with van der Waals surface area (Å²) in [4.78, 5) is 0. The smallest absolute Gasteiger partial charge is 0.725 e. The van der Waals surface area contributed by atoms with Gasteiger partial charge in [-0.05, 0) is 0 Å². The van der Waals surface area contributed by atoms with E-state index in [0.29, 0.717) is 0 Å². The Hall–Kier alpha value is 0.0862. The largest absolute Gasteiger partial charge is 2.00 e. The van der Waals surface area contributed by atoms with Crippen molar-refractivity contribution in [2.75, 3.05) is 0 Å². The molecule has 0 saturated heterocycles. The molecule has 0 spiro atoms. The van der Waals surface area contributed by atoms with Crippen molar-refractivity contribution in [1.29, 1.82) is 0 Å². The predicted octanol–water partition coefficient (Wildman–Crippen LogP) is -0.415. The van der Waals surface area contributed by atoms with Crippen LogP contribution in [-0.2, 0) is 29.2 Å². The van der Waals surface area contributed by atoms with Crippen LogP contribution in [0.1, 0.15) is 0 Å². The molecule has 0 N–H and O–H groups in total. The van der Waals surface area contributed by atoms with E-state index in [9.17, 15) is 26.3 Å². The van der Waals surface area contributed by atoms with Crippen molar-refractivity contribution in [3.63, 3.8) is 0 Å². The maximum absolute atomic E-state index is 10.8. The molecular formula is C2F6MgO8S2. The summed E-state index contributed by atoms with van der Waals surface area (Å²) in [6.07, 6.45) is -10.8. The van der Waals surface area contributed by atoms with Gasteiger partial charge >= 0.3 is 35.8 Å². The van der Waals surface area contributed by atoms with Gasteiger partial charge in [-0.2, -0.15) is 8.37 Å². The van der Waals surface area contributed by atoms with Gasteiger partial charge in [0.25, 0.3) is 0 Å². The maximum atomic E-state index is 10.8. The molecule has 0 aromatic heterocycles.